The largest absolute Gasteiger partial charge is 0.351 e. The summed E-state index contributed by atoms with van der Waals surface area (Å²) in [6.45, 7) is 9.26. The molecule has 2 aliphatic rings. The highest BCUT2D eigenvalue weighted by Crippen LogP contribution is 2.19. The number of benzene rings is 1. The Morgan fingerprint density at radius 2 is 1.85 bits per heavy atom. The number of rotatable bonds is 7. The molecule has 0 spiro atoms. The van der Waals surface area contributed by atoms with Crippen molar-refractivity contribution in [2.75, 3.05) is 39.3 Å². The van der Waals surface area contributed by atoms with E-state index < -0.39 is 0 Å². The van der Waals surface area contributed by atoms with Crippen LogP contribution in [0.1, 0.15) is 43.2 Å². The van der Waals surface area contributed by atoms with Crippen LogP contribution in [-0.4, -0.2) is 45.2 Å². The Morgan fingerprint density at radius 3 is 2.58 bits per heavy atom. The monoisotopic (exact) mass is 357 g/mol. The van der Waals surface area contributed by atoms with Gasteiger partial charge in [-0.25, -0.2) is 0 Å². The molecule has 1 heterocycles. The van der Waals surface area contributed by atoms with Crippen molar-refractivity contribution in [1.82, 2.24) is 5.32 Å². The Hall–Kier alpha value is -1.65. The molecule has 3 N–H and O–H groups in total. The first-order chi connectivity index (χ1) is 12.7. The number of quaternary nitrogens is 2. The summed E-state index contributed by atoms with van der Waals surface area (Å²) in [4.78, 5) is 15.3. The highest BCUT2D eigenvalue weighted by molar-refractivity contribution is 5.76. The van der Waals surface area contributed by atoms with Gasteiger partial charge in [-0.3, -0.25) is 4.79 Å². The predicted octanol–water partition coefficient (Wildman–Crippen LogP) is 0.285. The molecule has 0 radical (unpaired) electrons. The fourth-order valence-corrected chi connectivity index (χ4v) is 4.17. The summed E-state index contributed by atoms with van der Waals surface area (Å²) < 4.78 is 0. The van der Waals surface area contributed by atoms with Crippen molar-refractivity contribution in [2.45, 2.75) is 45.6 Å². The highest BCUT2D eigenvalue weighted by Gasteiger charge is 2.25. The third kappa shape index (κ3) is 5.96. The third-order valence-electron chi connectivity index (χ3n) is 5.93. The second-order valence-electron chi connectivity index (χ2n) is 7.99. The van der Waals surface area contributed by atoms with Crippen LogP contribution in [-0.2, 0) is 11.3 Å². The van der Waals surface area contributed by atoms with E-state index in [-0.39, 0.29) is 5.91 Å². The molecule has 1 saturated heterocycles. The molecule has 1 aliphatic carbocycles. The van der Waals surface area contributed by atoms with Crippen LogP contribution in [0.4, 0.5) is 0 Å². The average Bonchev–Trinajstić information content (AvgIpc) is 2.66. The molecule has 1 fully saturated rings. The zero-order chi connectivity index (χ0) is 18.2. The van der Waals surface area contributed by atoms with Crippen molar-refractivity contribution in [1.29, 1.82) is 0 Å². The summed E-state index contributed by atoms with van der Waals surface area (Å²) in [6, 6.07) is 8.69. The van der Waals surface area contributed by atoms with Gasteiger partial charge < -0.3 is 15.1 Å². The standard InChI is InChI=1S/C22H33N3O/c1-19-7-5-6-10-21(19)17-24-13-15-25(16-14-24)18-22(26)23-12-11-20-8-3-2-4-9-20/h5-8,10H,2-4,9,11-18H2,1H3,(H,23,26)/p+2. The third-order valence-corrected chi connectivity index (χ3v) is 5.93. The molecule has 1 amide bonds. The SMILES string of the molecule is Cc1ccccc1C[NH+]1CC[NH+](CC(=O)NCCC2=CCCCC2)CC1. The Labute approximate surface area is 158 Å². The van der Waals surface area contributed by atoms with Gasteiger partial charge in [-0.2, -0.15) is 0 Å². The van der Waals surface area contributed by atoms with Crippen molar-refractivity contribution in [3.05, 3.63) is 47.0 Å². The van der Waals surface area contributed by atoms with Crippen molar-refractivity contribution in [3.8, 4) is 0 Å². The first-order valence-electron chi connectivity index (χ1n) is 10.4. The maximum atomic E-state index is 12.2. The van der Waals surface area contributed by atoms with Crippen molar-refractivity contribution >= 4 is 5.91 Å². The van der Waals surface area contributed by atoms with E-state index in [1.807, 2.05) is 0 Å². The molecule has 0 saturated carbocycles. The van der Waals surface area contributed by atoms with Gasteiger partial charge in [0.25, 0.3) is 5.91 Å². The van der Waals surface area contributed by atoms with Gasteiger partial charge in [0.2, 0.25) is 0 Å². The van der Waals surface area contributed by atoms with Gasteiger partial charge in [-0.1, -0.05) is 35.9 Å². The van der Waals surface area contributed by atoms with E-state index >= 15 is 0 Å². The second-order valence-corrected chi connectivity index (χ2v) is 7.99. The summed E-state index contributed by atoms with van der Waals surface area (Å²) in [5.74, 6) is 0.221. The first-order valence-corrected chi connectivity index (χ1v) is 10.4. The molecule has 142 valence electrons. The Kier molecular flexibility index (Phi) is 7.27. The maximum absolute atomic E-state index is 12.2. The zero-order valence-electron chi connectivity index (χ0n) is 16.3. The van der Waals surface area contributed by atoms with Gasteiger partial charge in [0.1, 0.15) is 32.7 Å². The zero-order valence-corrected chi connectivity index (χ0v) is 16.3. The lowest BCUT2D eigenvalue weighted by atomic mass is 9.97. The quantitative estimate of drug-likeness (QED) is 0.603. The number of piperazine rings is 1. The lowest BCUT2D eigenvalue weighted by molar-refractivity contribution is -1.02. The van der Waals surface area contributed by atoms with Crippen LogP contribution in [0.5, 0.6) is 0 Å². The molecule has 4 nitrogen and oxygen atoms in total. The average molecular weight is 358 g/mol. The molecule has 0 unspecified atom stereocenters. The molecule has 1 aliphatic heterocycles. The fraction of sp³-hybridized carbons (Fsp3) is 0.591. The number of hydrogen-bond acceptors (Lipinski definition) is 1. The Bertz CT molecular complexity index is 618. The minimum atomic E-state index is 0.221. The smallest absolute Gasteiger partial charge is 0.275 e. The minimum Gasteiger partial charge on any atom is -0.351 e. The summed E-state index contributed by atoms with van der Waals surface area (Å²) in [6.07, 6.45) is 8.51. The van der Waals surface area contributed by atoms with Gasteiger partial charge in [-0.05, 0) is 44.6 Å². The molecule has 4 heteroatoms. The number of hydrogen-bond donors (Lipinski definition) is 3. The number of amides is 1. The van der Waals surface area contributed by atoms with Crippen LogP contribution in [0.2, 0.25) is 0 Å². The number of aryl methyl sites for hydroxylation is 1. The molecule has 0 atom stereocenters. The Morgan fingerprint density at radius 1 is 1.08 bits per heavy atom. The van der Waals surface area contributed by atoms with E-state index in [9.17, 15) is 4.79 Å². The summed E-state index contributed by atoms with van der Waals surface area (Å²) in [7, 11) is 0. The summed E-state index contributed by atoms with van der Waals surface area (Å²) in [5.41, 5.74) is 4.39. The Balaban J connectivity index is 1.32. The van der Waals surface area contributed by atoms with Gasteiger partial charge in [0, 0.05) is 12.1 Å². The van der Waals surface area contributed by atoms with E-state index in [1.54, 1.807) is 4.90 Å². The van der Waals surface area contributed by atoms with Crippen LogP contribution in [0.25, 0.3) is 0 Å². The van der Waals surface area contributed by atoms with Crippen LogP contribution < -0.4 is 15.1 Å². The van der Waals surface area contributed by atoms with E-state index in [0.717, 1.165) is 45.7 Å². The van der Waals surface area contributed by atoms with E-state index in [4.69, 9.17) is 0 Å². The fourth-order valence-electron chi connectivity index (χ4n) is 4.17. The van der Waals surface area contributed by atoms with E-state index in [2.05, 4.69) is 42.6 Å². The molecule has 3 rings (SSSR count). The number of carbonyl (C=O) groups is 1. The maximum Gasteiger partial charge on any atom is 0.275 e. The first kappa shape index (κ1) is 19.1. The molecule has 0 bridgehead atoms. The van der Waals surface area contributed by atoms with Crippen LogP contribution in [0, 0.1) is 6.92 Å². The van der Waals surface area contributed by atoms with Gasteiger partial charge in [0.15, 0.2) is 6.54 Å². The molecule has 0 aromatic heterocycles. The number of allylic oxidation sites excluding steroid dienone is 1. The van der Waals surface area contributed by atoms with Crippen LogP contribution in [0.3, 0.4) is 0 Å². The normalized spacial score (nSPS) is 23.3. The summed E-state index contributed by atoms with van der Waals surface area (Å²) >= 11 is 0. The number of carbonyl (C=O) groups excluding carboxylic acids is 1. The molecular weight excluding hydrogens is 322 g/mol. The number of nitrogens with one attached hydrogen (secondary N) is 3. The van der Waals surface area contributed by atoms with Crippen LogP contribution in [0.15, 0.2) is 35.9 Å². The molecule has 26 heavy (non-hydrogen) atoms. The summed E-state index contributed by atoms with van der Waals surface area (Å²) in [5, 5.41) is 3.13. The van der Waals surface area contributed by atoms with Crippen LogP contribution >= 0.6 is 0 Å². The van der Waals surface area contributed by atoms with Gasteiger partial charge in [-0.15, -0.1) is 0 Å². The highest BCUT2D eigenvalue weighted by atomic mass is 16.2. The van der Waals surface area contributed by atoms with Gasteiger partial charge in [0.05, 0.1) is 0 Å². The molecule has 1 aromatic rings. The lowest BCUT2D eigenvalue weighted by Gasteiger charge is -2.29. The van der Waals surface area contributed by atoms with Crippen molar-refractivity contribution < 1.29 is 14.6 Å². The van der Waals surface area contributed by atoms with Crippen molar-refractivity contribution in [3.63, 3.8) is 0 Å². The van der Waals surface area contributed by atoms with Gasteiger partial charge >= 0.3 is 0 Å². The lowest BCUT2D eigenvalue weighted by Crippen LogP contribution is -3.28. The van der Waals surface area contributed by atoms with Crippen molar-refractivity contribution in [2.24, 2.45) is 0 Å². The predicted molar refractivity (Wildman–Crippen MR) is 105 cm³/mol. The molecular formula is C22H35N3O+2. The minimum absolute atomic E-state index is 0.221. The van der Waals surface area contributed by atoms with E-state index in [1.165, 1.54) is 47.3 Å². The molecule has 1 aromatic carbocycles. The van der Waals surface area contributed by atoms with E-state index in [0.29, 0.717) is 6.54 Å². The topological polar surface area (TPSA) is 38.0 Å². The second kappa shape index (κ2) is 9.89.